The fourth-order valence-corrected chi connectivity index (χ4v) is 1.82. The molecule has 20 heavy (non-hydrogen) atoms. The number of hydrogen-bond donors (Lipinski definition) is 1. The molecule has 3 nitrogen and oxygen atoms in total. The van der Waals surface area contributed by atoms with Gasteiger partial charge in [0.05, 0.1) is 5.56 Å². The Morgan fingerprint density at radius 1 is 1.10 bits per heavy atom. The van der Waals surface area contributed by atoms with Crippen molar-refractivity contribution in [2.24, 2.45) is 0 Å². The van der Waals surface area contributed by atoms with Crippen molar-refractivity contribution < 1.29 is 23.1 Å². The highest BCUT2D eigenvalue weighted by atomic mass is 35.5. The minimum Gasteiger partial charge on any atom is -0.476 e. The zero-order valence-electron chi connectivity index (χ0n) is 9.78. The van der Waals surface area contributed by atoms with Crippen molar-refractivity contribution in [3.63, 3.8) is 0 Å². The summed E-state index contributed by atoms with van der Waals surface area (Å²) in [6.07, 6.45) is -4.44. The number of pyridine rings is 1. The van der Waals surface area contributed by atoms with Gasteiger partial charge in [0.15, 0.2) is 5.69 Å². The molecule has 0 amide bonds. The zero-order valence-corrected chi connectivity index (χ0v) is 10.5. The summed E-state index contributed by atoms with van der Waals surface area (Å²) in [7, 11) is 0. The average molecular weight is 302 g/mol. The van der Waals surface area contributed by atoms with E-state index in [0.29, 0.717) is 5.56 Å². The quantitative estimate of drug-likeness (QED) is 0.849. The number of carbonyl (C=O) groups is 1. The molecule has 0 bridgehead atoms. The normalized spacial score (nSPS) is 11.4. The molecule has 0 aliphatic rings. The van der Waals surface area contributed by atoms with Crippen molar-refractivity contribution >= 4 is 17.6 Å². The molecule has 2 rings (SSSR count). The smallest absolute Gasteiger partial charge is 0.416 e. The van der Waals surface area contributed by atoms with Crippen molar-refractivity contribution in [1.29, 1.82) is 0 Å². The summed E-state index contributed by atoms with van der Waals surface area (Å²) in [4.78, 5) is 14.7. The van der Waals surface area contributed by atoms with E-state index in [9.17, 15) is 18.0 Å². The number of carboxylic acid groups (broad SMARTS) is 1. The summed E-state index contributed by atoms with van der Waals surface area (Å²) in [5.74, 6) is -1.30. The van der Waals surface area contributed by atoms with Crippen LogP contribution in [0.2, 0.25) is 5.15 Å². The number of benzene rings is 1. The fraction of sp³-hybridized carbons (Fsp3) is 0.0769. The summed E-state index contributed by atoms with van der Waals surface area (Å²) in [6.45, 7) is 0. The first-order valence-corrected chi connectivity index (χ1v) is 5.74. The Balaban J connectivity index is 2.50. The van der Waals surface area contributed by atoms with E-state index in [1.54, 1.807) is 0 Å². The Hall–Kier alpha value is -2.08. The summed E-state index contributed by atoms with van der Waals surface area (Å²) in [5.41, 5.74) is -0.590. The molecule has 0 atom stereocenters. The predicted molar refractivity (Wildman–Crippen MR) is 66.6 cm³/mol. The Labute approximate surface area is 116 Å². The number of hydrogen-bond acceptors (Lipinski definition) is 2. The highest BCUT2D eigenvalue weighted by molar-refractivity contribution is 6.29. The van der Waals surface area contributed by atoms with Crippen LogP contribution in [0.5, 0.6) is 0 Å². The lowest BCUT2D eigenvalue weighted by Gasteiger charge is -2.09. The van der Waals surface area contributed by atoms with Gasteiger partial charge in [-0.25, -0.2) is 9.78 Å². The van der Waals surface area contributed by atoms with Gasteiger partial charge < -0.3 is 5.11 Å². The van der Waals surface area contributed by atoms with Gasteiger partial charge in [-0.15, -0.1) is 0 Å². The SMILES string of the molecule is O=C(O)c1nc(Cl)ccc1-c1ccc(C(F)(F)F)cc1. The number of aromatic carboxylic acids is 1. The van der Waals surface area contributed by atoms with Gasteiger partial charge in [-0.3, -0.25) is 0 Å². The van der Waals surface area contributed by atoms with Crippen LogP contribution in [0.25, 0.3) is 11.1 Å². The number of carboxylic acids is 1. The third-order valence-electron chi connectivity index (χ3n) is 2.59. The van der Waals surface area contributed by atoms with E-state index < -0.39 is 17.7 Å². The monoisotopic (exact) mass is 301 g/mol. The minimum absolute atomic E-state index is 0.00179. The first kappa shape index (κ1) is 14.3. The topological polar surface area (TPSA) is 50.2 Å². The van der Waals surface area contributed by atoms with Crippen LogP contribution in [0, 0.1) is 0 Å². The molecule has 0 saturated heterocycles. The number of halogens is 4. The number of rotatable bonds is 2. The molecule has 0 aliphatic heterocycles. The lowest BCUT2D eigenvalue weighted by Crippen LogP contribution is -2.05. The first-order valence-electron chi connectivity index (χ1n) is 5.36. The van der Waals surface area contributed by atoms with Crippen LogP contribution in [0.4, 0.5) is 13.2 Å². The van der Waals surface area contributed by atoms with Crippen LogP contribution in [-0.2, 0) is 6.18 Å². The molecule has 2 aromatic rings. The third kappa shape index (κ3) is 2.91. The van der Waals surface area contributed by atoms with Crippen LogP contribution in [0.1, 0.15) is 16.1 Å². The molecular weight excluding hydrogens is 295 g/mol. The van der Waals surface area contributed by atoms with E-state index in [4.69, 9.17) is 16.7 Å². The predicted octanol–water partition coefficient (Wildman–Crippen LogP) is 4.12. The van der Waals surface area contributed by atoms with Crippen LogP contribution >= 0.6 is 11.6 Å². The molecule has 0 saturated carbocycles. The lowest BCUT2D eigenvalue weighted by molar-refractivity contribution is -0.137. The Bertz CT molecular complexity index is 654. The molecule has 1 heterocycles. The van der Waals surface area contributed by atoms with Gasteiger partial charge in [-0.05, 0) is 29.8 Å². The van der Waals surface area contributed by atoms with Crippen molar-refractivity contribution in [3.05, 3.63) is 52.8 Å². The number of aromatic nitrogens is 1. The van der Waals surface area contributed by atoms with Crippen LogP contribution in [0.3, 0.4) is 0 Å². The lowest BCUT2D eigenvalue weighted by atomic mass is 10.0. The fourth-order valence-electron chi connectivity index (χ4n) is 1.67. The van der Waals surface area contributed by atoms with Gasteiger partial charge in [0, 0.05) is 5.56 Å². The molecule has 0 unspecified atom stereocenters. The molecular formula is C13H7ClF3NO2. The average Bonchev–Trinajstić information content (AvgIpc) is 2.37. The highest BCUT2D eigenvalue weighted by Crippen LogP contribution is 2.31. The summed E-state index contributed by atoms with van der Waals surface area (Å²) < 4.78 is 37.4. The molecule has 0 radical (unpaired) electrons. The molecule has 7 heteroatoms. The van der Waals surface area contributed by atoms with Crippen molar-refractivity contribution in [1.82, 2.24) is 4.98 Å². The summed E-state index contributed by atoms with van der Waals surface area (Å²) in [5, 5.41) is 9.03. The molecule has 1 N–H and O–H groups in total. The second-order valence-electron chi connectivity index (χ2n) is 3.91. The van der Waals surface area contributed by atoms with E-state index in [1.165, 1.54) is 24.3 Å². The maximum absolute atomic E-state index is 12.5. The van der Waals surface area contributed by atoms with E-state index >= 15 is 0 Å². The van der Waals surface area contributed by atoms with Gasteiger partial charge >= 0.3 is 12.1 Å². The molecule has 0 fully saturated rings. The van der Waals surface area contributed by atoms with Crippen molar-refractivity contribution in [2.45, 2.75) is 6.18 Å². The molecule has 104 valence electrons. The molecule has 1 aromatic heterocycles. The van der Waals surface area contributed by atoms with E-state index in [-0.39, 0.29) is 16.4 Å². The van der Waals surface area contributed by atoms with Gasteiger partial charge in [0.1, 0.15) is 5.15 Å². The Kier molecular flexibility index (Phi) is 3.67. The maximum Gasteiger partial charge on any atom is 0.416 e. The number of alkyl halides is 3. The molecule has 1 aromatic carbocycles. The Morgan fingerprint density at radius 2 is 1.70 bits per heavy atom. The standard InChI is InChI=1S/C13H7ClF3NO2/c14-10-6-5-9(11(18-10)12(19)20)7-1-3-8(4-2-7)13(15,16)17/h1-6H,(H,19,20). The Morgan fingerprint density at radius 3 is 2.20 bits per heavy atom. The molecule has 0 spiro atoms. The van der Waals surface area contributed by atoms with Crippen LogP contribution in [-0.4, -0.2) is 16.1 Å². The van der Waals surface area contributed by atoms with Crippen molar-refractivity contribution in [3.8, 4) is 11.1 Å². The highest BCUT2D eigenvalue weighted by Gasteiger charge is 2.30. The summed E-state index contributed by atoms with van der Waals surface area (Å²) >= 11 is 5.61. The largest absolute Gasteiger partial charge is 0.476 e. The second-order valence-corrected chi connectivity index (χ2v) is 4.30. The third-order valence-corrected chi connectivity index (χ3v) is 2.80. The van der Waals surface area contributed by atoms with Crippen molar-refractivity contribution in [2.75, 3.05) is 0 Å². The van der Waals surface area contributed by atoms with E-state index in [0.717, 1.165) is 12.1 Å². The minimum atomic E-state index is -4.44. The van der Waals surface area contributed by atoms with Gasteiger partial charge in [0.2, 0.25) is 0 Å². The van der Waals surface area contributed by atoms with E-state index in [1.807, 2.05) is 0 Å². The van der Waals surface area contributed by atoms with Crippen LogP contribution < -0.4 is 0 Å². The van der Waals surface area contributed by atoms with Crippen LogP contribution in [0.15, 0.2) is 36.4 Å². The maximum atomic E-state index is 12.5. The van der Waals surface area contributed by atoms with E-state index in [2.05, 4.69) is 4.98 Å². The summed E-state index contributed by atoms with van der Waals surface area (Å²) in [6, 6.07) is 6.94. The van der Waals surface area contributed by atoms with Gasteiger partial charge in [0.25, 0.3) is 0 Å². The second kappa shape index (κ2) is 5.13. The molecule has 0 aliphatic carbocycles. The number of nitrogens with zero attached hydrogens (tertiary/aromatic N) is 1. The zero-order chi connectivity index (χ0) is 14.9. The van der Waals surface area contributed by atoms with Gasteiger partial charge in [-0.2, -0.15) is 13.2 Å². The first-order chi connectivity index (χ1) is 9.29. The van der Waals surface area contributed by atoms with Gasteiger partial charge in [-0.1, -0.05) is 23.7 Å².